The lowest BCUT2D eigenvalue weighted by Crippen LogP contribution is -2.33. The Balaban J connectivity index is 1.90. The molecule has 0 saturated heterocycles. The summed E-state index contributed by atoms with van der Waals surface area (Å²) in [6.45, 7) is 4.19. The molecular weight excluding hydrogens is 320 g/mol. The van der Waals surface area contributed by atoms with Crippen LogP contribution in [0.1, 0.15) is 36.9 Å². The zero-order valence-corrected chi connectivity index (χ0v) is 14.9. The molecule has 1 aliphatic heterocycles. The second kappa shape index (κ2) is 5.77. The molecule has 1 aromatic carbocycles. The number of thioether (sulfide) groups is 1. The van der Waals surface area contributed by atoms with Crippen LogP contribution in [0.25, 0.3) is 0 Å². The van der Waals surface area contributed by atoms with E-state index in [1.807, 2.05) is 10.9 Å². The molecule has 2 heterocycles. The SMILES string of the molecule is CSc1nc2n(n1)[C@@H](c1ccc(C)cc1)C1=C(C[C@H](C)CC1=O)N2. The van der Waals surface area contributed by atoms with E-state index in [9.17, 15) is 4.79 Å². The van der Waals surface area contributed by atoms with Gasteiger partial charge in [0.05, 0.1) is 0 Å². The summed E-state index contributed by atoms with van der Waals surface area (Å²) in [6.07, 6.45) is 3.44. The number of nitrogens with one attached hydrogen (secondary N) is 1. The predicted molar refractivity (Wildman–Crippen MR) is 95.2 cm³/mol. The van der Waals surface area contributed by atoms with Gasteiger partial charge in [-0.25, -0.2) is 4.68 Å². The number of ketones is 1. The van der Waals surface area contributed by atoms with Crippen molar-refractivity contribution in [3.63, 3.8) is 0 Å². The summed E-state index contributed by atoms with van der Waals surface area (Å²) in [5, 5.41) is 8.69. The van der Waals surface area contributed by atoms with E-state index in [4.69, 9.17) is 0 Å². The third-order valence-electron chi connectivity index (χ3n) is 4.68. The van der Waals surface area contributed by atoms with Gasteiger partial charge in [0.25, 0.3) is 0 Å². The molecule has 1 N–H and O–H groups in total. The van der Waals surface area contributed by atoms with Crippen LogP contribution in [0.4, 0.5) is 5.95 Å². The molecule has 124 valence electrons. The van der Waals surface area contributed by atoms with E-state index >= 15 is 0 Å². The Kier molecular flexibility index (Phi) is 3.72. The van der Waals surface area contributed by atoms with Crippen molar-refractivity contribution in [2.24, 2.45) is 5.92 Å². The molecule has 24 heavy (non-hydrogen) atoms. The van der Waals surface area contributed by atoms with E-state index in [0.29, 0.717) is 12.3 Å². The number of carbonyl (C=O) groups excluding carboxylic acids is 1. The molecule has 2 aromatic rings. The topological polar surface area (TPSA) is 59.8 Å². The normalized spacial score (nSPS) is 22.9. The standard InChI is InChI=1S/C18H20N4OS/c1-10-4-6-12(7-5-10)16-15-13(8-11(2)9-14(15)23)19-17-20-18(24-3)21-22(16)17/h4-7,11,16H,8-9H2,1-3H3,(H,19,20,21)/t11-,16-/m0/s1. The van der Waals surface area contributed by atoms with Crippen molar-refractivity contribution < 1.29 is 4.79 Å². The summed E-state index contributed by atoms with van der Waals surface area (Å²) < 4.78 is 1.86. The third kappa shape index (κ3) is 2.45. The molecule has 0 bridgehead atoms. The quantitative estimate of drug-likeness (QED) is 0.847. The highest BCUT2D eigenvalue weighted by Gasteiger charge is 2.38. The van der Waals surface area contributed by atoms with Gasteiger partial charge in [0.2, 0.25) is 11.1 Å². The summed E-state index contributed by atoms with van der Waals surface area (Å²) in [5.74, 6) is 1.30. The highest BCUT2D eigenvalue weighted by molar-refractivity contribution is 7.98. The number of allylic oxidation sites excluding steroid dienone is 2. The number of hydrogen-bond donors (Lipinski definition) is 1. The fourth-order valence-corrected chi connectivity index (χ4v) is 3.88. The van der Waals surface area contributed by atoms with Crippen molar-refractivity contribution in [1.82, 2.24) is 14.8 Å². The van der Waals surface area contributed by atoms with Crippen LogP contribution >= 0.6 is 11.8 Å². The summed E-state index contributed by atoms with van der Waals surface area (Å²) in [5.41, 5.74) is 4.14. The minimum atomic E-state index is -0.190. The lowest BCUT2D eigenvalue weighted by atomic mass is 9.81. The number of rotatable bonds is 2. The Bertz CT molecular complexity index is 837. The summed E-state index contributed by atoms with van der Waals surface area (Å²) in [6, 6.07) is 8.15. The largest absolute Gasteiger partial charge is 0.328 e. The number of anilines is 1. The first kappa shape index (κ1) is 15.4. The fourth-order valence-electron chi connectivity index (χ4n) is 3.53. The van der Waals surface area contributed by atoms with Crippen LogP contribution in [0.2, 0.25) is 0 Å². The van der Waals surface area contributed by atoms with Crippen molar-refractivity contribution in [2.75, 3.05) is 11.6 Å². The molecule has 0 saturated carbocycles. The minimum Gasteiger partial charge on any atom is -0.328 e. The molecule has 1 aromatic heterocycles. The van der Waals surface area contributed by atoms with Crippen LogP contribution in [-0.4, -0.2) is 26.8 Å². The Morgan fingerprint density at radius 2 is 2.00 bits per heavy atom. The predicted octanol–water partition coefficient (Wildman–Crippen LogP) is 3.58. The zero-order valence-electron chi connectivity index (χ0n) is 14.0. The number of hydrogen-bond acceptors (Lipinski definition) is 5. The van der Waals surface area contributed by atoms with E-state index in [2.05, 4.69) is 53.5 Å². The van der Waals surface area contributed by atoms with Crippen LogP contribution < -0.4 is 5.32 Å². The van der Waals surface area contributed by atoms with Crippen molar-refractivity contribution in [2.45, 2.75) is 37.9 Å². The van der Waals surface area contributed by atoms with E-state index in [1.54, 1.807) is 0 Å². The number of benzene rings is 1. The Labute approximate surface area is 145 Å². The maximum absolute atomic E-state index is 12.8. The Morgan fingerprint density at radius 1 is 1.25 bits per heavy atom. The molecule has 6 heteroatoms. The first-order valence-electron chi connectivity index (χ1n) is 8.17. The first-order valence-corrected chi connectivity index (χ1v) is 9.39. The van der Waals surface area contributed by atoms with Gasteiger partial charge in [-0.1, -0.05) is 48.5 Å². The monoisotopic (exact) mass is 340 g/mol. The Morgan fingerprint density at radius 3 is 2.71 bits per heavy atom. The maximum atomic E-state index is 12.8. The molecule has 0 unspecified atom stereocenters. The molecule has 0 amide bonds. The van der Waals surface area contributed by atoms with Gasteiger partial charge in [0.1, 0.15) is 6.04 Å². The molecular formula is C18H20N4OS. The maximum Gasteiger partial charge on any atom is 0.227 e. The Hall–Kier alpha value is -2.08. The molecule has 0 radical (unpaired) electrons. The van der Waals surface area contributed by atoms with E-state index < -0.39 is 0 Å². The van der Waals surface area contributed by atoms with Gasteiger partial charge in [-0.2, -0.15) is 4.98 Å². The number of fused-ring (bicyclic) bond motifs is 1. The van der Waals surface area contributed by atoms with Crippen LogP contribution in [-0.2, 0) is 4.79 Å². The fraction of sp³-hybridized carbons (Fsp3) is 0.389. The summed E-state index contributed by atoms with van der Waals surface area (Å²) in [7, 11) is 0. The molecule has 4 rings (SSSR count). The average Bonchev–Trinajstić information content (AvgIpc) is 2.96. The molecule has 2 aliphatic rings. The van der Waals surface area contributed by atoms with E-state index in [-0.39, 0.29) is 11.8 Å². The molecule has 5 nitrogen and oxygen atoms in total. The number of aryl methyl sites for hydroxylation is 1. The summed E-state index contributed by atoms with van der Waals surface area (Å²) >= 11 is 1.51. The smallest absolute Gasteiger partial charge is 0.227 e. The highest BCUT2D eigenvalue weighted by atomic mass is 32.2. The molecule has 2 atom stereocenters. The lowest BCUT2D eigenvalue weighted by Gasteiger charge is -2.34. The molecule has 0 fully saturated rings. The lowest BCUT2D eigenvalue weighted by molar-refractivity contribution is -0.117. The van der Waals surface area contributed by atoms with Crippen LogP contribution in [0.5, 0.6) is 0 Å². The first-order chi connectivity index (χ1) is 11.6. The highest BCUT2D eigenvalue weighted by Crippen LogP contribution is 2.41. The van der Waals surface area contributed by atoms with E-state index in [0.717, 1.165) is 34.4 Å². The number of Topliss-reactive ketones (excluding diaryl/α,β-unsaturated/α-hetero) is 1. The van der Waals surface area contributed by atoms with Crippen LogP contribution in [0, 0.1) is 12.8 Å². The van der Waals surface area contributed by atoms with Crippen molar-refractivity contribution in [1.29, 1.82) is 0 Å². The van der Waals surface area contributed by atoms with Crippen molar-refractivity contribution >= 4 is 23.5 Å². The van der Waals surface area contributed by atoms with Gasteiger partial charge in [0, 0.05) is 17.7 Å². The second-order valence-corrected chi connectivity index (χ2v) is 7.41. The molecule has 0 spiro atoms. The number of nitrogens with zero attached hydrogens (tertiary/aromatic N) is 3. The minimum absolute atomic E-state index is 0.190. The van der Waals surface area contributed by atoms with Crippen LogP contribution in [0.3, 0.4) is 0 Å². The number of aromatic nitrogens is 3. The van der Waals surface area contributed by atoms with Gasteiger partial charge in [-0.05, 0) is 31.1 Å². The van der Waals surface area contributed by atoms with E-state index in [1.165, 1.54) is 17.3 Å². The van der Waals surface area contributed by atoms with Gasteiger partial charge >= 0.3 is 0 Å². The van der Waals surface area contributed by atoms with Gasteiger partial charge < -0.3 is 5.32 Å². The number of carbonyl (C=O) groups is 1. The van der Waals surface area contributed by atoms with Gasteiger partial charge in [0.15, 0.2) is 5.78 Å². The van der Waals surface area contributed by atoms with Gasteiger partial charge in [-0.15, -0.1) is 5.10 Å². The van der Waals surface area contributed by atoms with Crippen molar-refractivity contribution in [3.8, 4) is 0 Å². The zero-order chi connectivity index (χ0) is 16.8. The second-order valence-electron chi connectivity index (χ2n) is 6.63. The molecule has 1 aliphatic carbocycles. The van der Waals surface area contributed by atoms with Crippen LogP contribution in [0.15, 0.2) is 40.7 Å². The summed E-state index contributed by atoms with van der Waals surface area (Å²) in [4.78, 5) is 17.4. The third-order valence-corrected chi connectivity index (χ3v) is 5.22. The van der Waals surface area contributed by atoms with Gasteiger partial charge in [-0.3, -0.25) is 4.79 Å². The average molecular weight is 340 g/mol. The van der Waals surface area contributed by atoms with Crippen molar-refractivity contribution in [3.05, 3.63) is 46.7 Å².